The molecule has 8 heteroatoms. The predicted molar refractivity (Wildman–Crippen MR) is 98.0 cm³/mol. The molecule has 3 aliphatic rings. The van der Waals surface area contributed by atoms with Gasteiger partial charge in [0, 0.05) is 30.9 Å². The van der Waals surface area contributed by atoms with E-state index in [0.29, 0.717) is 31.0 Å². The number of carbonyl (C=O) groups is 2. The van der Waals surface area contributed by atoms with Gasteiger partial charge in [0.1, 0.15) is 11.6 Å². The average Bonchev–Trinajstić information content (AvgIpc) is 2.83. The molecule has 0 saturated carbocycles. The fraction of sp³-hybridized carbons (Fsp3) is 0.474. The van der Waals surface area contributed by atoms with Crippen molar-refractivity contribution in [3.8, 4) is 0 Å². The van der Waals surface area contributed by atoms with E-state index in [1.165, 1.54) is 0 Å². The highest BCUT2D eigenvalue weighted by molar-refractivity contribution is 5.97. The minimum Gasteiger partial charge on any atom is -0.365 e. The average molecular weight is 369 g/mol. The number of fused-ring (bicyclic) bond motifs is 4. The Morgan fingerprint density at radius 2 is 2.15 bits per heavy atom. The molecule has 2 amide bonds. The molecule has 0 aliphatic carbocycles. The second-order valence-electron chi connectivity index (χ2n) is 7.34. The van der Waals surface area contributed by atoms with Gasteiger partial charge in [-0.2, -0.15) is 0 Å². The molecule has 142 valence electrons. The zero-order valence-corrected chi connectivity index (χ0v) is 15.5. The van der Waals surface area contributed by atoms with Crippen molar-refractivity contribution in [3.63, 3.8) is 0 Å². The van der Waals surface area contributed by atoms with Gasteiger partial charge in [0.15, 0.2) is 0 Å². The number of pyridine rings is 1. The van der Waals surface area contributed by atoms with Crippen LogP contribution in [0, 0.1) is 19.8 Å². The van der Waals surface area contributed by atoms with Gasteiger partial charge in [-0.25, -0.2) is 4.98 Å². The molecule has 3 saturated heterocycles. The van der Waals surface area contributed by atoms with E-state index in [0.717, 1.165) is 29.9 Å². The van der Waals surface area contributed by atoms with Crippen molar-refractivity contribution in [2.45, 2.75) is 39.3 Å². The number of amides is 2. The standard InChI is InChI=1S/C19H23N5O3/c1-11-16(12(2)27-22-11)10-24-14-6-5-13(19(24)26)8-23(9-14)18-15(17(20)25)4-3-7-21-18/h3-4,7,13-14H,5-6,8-10H2,1-2H3,(H2,20,25)/t13-,14+/m0/s1. The summed E-state index contributed by atoms with van der Waals surface area (Å²) in [6, 6.07) is 3.43. The number of nitrogens with zero attached hydrogens (tertiary/aromatic N) is 4. The number of piperidine rings is 1. The van der Waals surface area contributed by atoms with Crippen molar-refractivity contribution < 1.29 is 14.1 Å². The summed E-state index contributed by atoms with van der Waals surface area (Å²) in [5.74, 6) is 0.831. The van der Waals surface area contributed by atoms with Gasteiger partial charge in [-0.3, -0.25) is 9.59 Å². The van der Waals surface area contributed by atoms with Crippen LogP contribution in [0.2, 0.25) is 0 Å². The molecule has 27 heavy (non-hydrogen) atoms. The molecule has 3 fully saturated rings. The van der Waals surface area contributed by atoms with Crippen LogP contribution in [0.25, 0.3) is 0 Å². The van der Waals surface area contributed by atoms with Gasteiger partial charge in [0.2, 0.25) is 5.91 Å². The molecule has 0 unspecified atom stereocenters. The lowest BCUT2D eigenvalue weighted by Crippen LogP contribution is -2.47. The third kappa shape index (κ3) is 3.05. The monoisotopic (exact) mass is 369 g/mol. The third-order valence-electron chi connectivity index (χ3n) is 5.65. The number of hydrogen-bond donors (Lipinski definition) is 1. The van der Waals surface area contributed by atoms with Crippen LogP contribution in [0.15, 0.2) is 22.9 Å². The minimum absolute atomic E-state index is 0.0488. The number of carbonyl (C=O) groups excluding carboxylic acids is 2. The Hall–Kier alpha value is -2.90. The maximum absolute atomic E-state index is 13.1. The number of anilines is 1. The van der Waals surface area contributed by atoms with Crippen molar-refractivity contribution in [3.05, 3.63) is 40.9 Å². The Kier molecular flexibility index (Phi) is 4.33. The van der Waals surface area contributed by atoms with Crippen LogP contribution in [0.4, 0.5) is 5.82 Å². The number of aryl methyl sites for hydroxylation is 2. The molecule has 2 atom stereocenters. The Labute approximate surface area is 157 Å². The van der Waals surface area contributed by atoms with Crippen molar-refractivity contribution >= 4 is 17.6 Å². The molecule has 2 bridgehead atoms. The lowest BCUT2D eigenvalue weighted by atomic mass is 9.93. The Morgan fingerprint density at radius 1 is 1.33 bits per heavy atom. The van der Waals surface area contributed by atoms with E-state index in [1.807, 2.05) is 23.6 Å². The van der Waals surface area contributed by atoms with Crippen LogP contribution in [0.5, 0.6) is 0 Å². The molecule has 8 nitrogen and oxygen atoms in total. The van der Waals surface area contributed by atoms with E-state index >= 15 is 0 Å². The number of hydrogen-bond acceptors (Lipinski definition) is 6. The van der Waals surface area contributed by atoms with Gasteiger partial charge in [0.05, 0.1) is 23.7 Å². The summed E-state index contributed by atoms with van der Waals surface area (Å²) in [4.78, 5) is 33.3. The van der Waals surface area contributed by atoms with E-state index in [9.17, 15) is 9.59 Å². The van der Waals surface area contributed by atoms with Crippen LogP contribution >= 0.6 is 0 Å². The largest absolute Gasteiger partial charge is 0.365 e. The van der Waals surface area contributed by atoms with Gasteiger partial charge in [-0.05, 0) is 38.8 Å². The van der Waals surface area contributed by atoms with Crippen LogP contribution in [-0.4, -0.2) is 46.0 Å². The molecule has 0 radical (unpaired) electrons. The summed E-state index contributed by atoms with van der Waals surface area (Å²) in [7, 11) is 0. The SMILES string of the molecule is Cc1noc(C)c1CN1C(=O)[C@H]2CC[C@@H]1CN(c1ncccc1C(N)=O)C2. The Bertz CT molecular complexity index is 874. The van der Waals surface area contributed by atoms with E-state index in [2.05, 4.69) is 10.1 Å². The molecule has 5 rings (SSSR count). The predicted octanol–water partition coefficient (Wildman–Crippen LogP) is 1.41. The molecular weight excluding hydrogens is 346 g/mol. The molecule has 2 aromatic rings. The normalized spacial score (nSPS) is 22.2. The first kappa shape index (κ1) is 17.5. The second kappa shape index (κ2) is 6.68. The van der Waals surface area contributed by atoms with Crippen molar-refractivity contribution in [1.29, 1.82) is 0 Å². The molecule has 2 N–H and O–H groups in total. The first-order valence-electron chi connectivity index (χ1n) is 9.17. The smallest absolute Gasteiger partial charge is 0.252 e. The van der Waals surface area contributed by atoms with E-state index in [-0.39, 0.29) is 17.9 Å². The summed E-state index contributed by atoms with van der Waals surface area (Å²) in [5, 5.41) is 4.00. The van der Waals surface area contributed by atoms with Crippen molar-refractivity contribution in [1.82, 2.24) is 15.0 Å². The van der Waals surface area contributed by atoms with Crippen LogP contribution in [0.3, 0.4) is 0 Å². The summed E-state index contributed by atoms with van der Waals surface area (Å²) in [5.41, 5.74) is 7.70. The quantitative estimate of drug-likeness (QED) is 0.874. The number of aromatic nitrogens is 2. The molecule has 3 aliphatic heterocycles. The van der Waals surface area contributed by atoms with E-state index in [1.54, 1.807) is 18.3 Å². The number of nitrogens with two attached hydrogens (primary N) is 1. The molecule has 0 spiro atoms. The van der Waals surface area contributed by atoms with Crippen LogP contribution in [0.1, 0.15) is 40.2 Å². The maximum atomic E-state index is 13.1. The minimum atomic E-state index is -0.506. The molecule has 2 aromatic heterocycles. The van der Waals surface area contributed by atoms with Crippen LogP contribution in [-0.2, 0) is 11.3 Å². The third-order valence-corrected chi connectivity index (χ3v) is 5.65. The first-order chi connectivity index (χ1) is 13.0. The Morgan fingerprint density at radius 3 is 2.85 bits per heavy atom. The van der Waals surface area contributed by atoms with Gasteiger partial charge in [-0.15, -0.1) is 0 Å². The van der Waals surface area contributed by atoms with Gasteiger partial charge < -0.3 is 20.1 Å². The molecular formula is C19H23N5O3. The second-order valence-corrected chi connectivity index (χ2v) is 7.34. The maximum Gasteiger partial charge on any atom is 0.252 e. The lowest BCUT2D eigenvalue weighted by Gasteiger charge is -2.36. The van der Waals surface area contributed by atoms with Gasteiger partial charge in [0.25, 0.3) is 5.91 Å². The van der Waals surface area contributed by atoms with E-state index < -0.39 is 5.91 Å². The summed E-state index contributed by atoms with van der Waals surface area (Å²) in [6.45, 7) is 5.44. The highest BCUT2D eigenvalue weighted by Crippen LogP contribution is 2.33. The van der Waals surface area contributed by atoms with Crippen molar-refractivity contribution in [2.24, 2.45) is 11.7 Å². The van der Waals surface area contributed by atoms with E-state index in [4.69, 9.17) is 10.3 Å². The molecule has 0 aromatic carbocycles. The number of rotatable bonds is 4. The number of primary amides is 1. The zero-order valence-electron chi connectivity index (χ0n) is 15.5. The highest BCUT2D eigenvalue weighted by Gasteiger charge is 2.42. The van der Waals surface area contributed by atoms with Crippen LogP contribution < -0.4 is 10.6 Å². The summed E-state index contributed by atoms with van der Waals surface area (Å²) >= 11 is 0. The summed E-state index contributed by atoms with van der Waals surface area (Å²) in [6.07, 6.45) is 3.42. The fourth-order valence-corrected chi connectivity index (χ4v) is 4.16. The van der Waals surface area contributed by atoms with Crippen molar-refractivity contribution in [2.75, 3.05) is 18.0 Å². The Balaban J connectivity index is 1.64. The van der Waals surface area contributed by atoms with Gasteiger partial charge >= 0.3 is 0 Å². The topological polar surface area (TPSA) is 106 Å². The fourth-order valence-electron chi connectivity index (χ4n) is 4.16. The first-order valence-corrected chi connectivity index (χ1v) is 9.17. The highest BCUT2D eigenvalue weighted by atomic mass is 16.5. The summed E-state index contributed by atoms with van der Waals surface area (Å²) < 4.78 is 5.26. The van der Waals surface area contributed by atoms with Gasteiger partial charge in [-0.1, -0.05) is 5.16 Å². The molecule has 5 heterocycles. The lowest BCUT2D eigenvalue weighted by molar-refractivity contribution is -0.140. The zero-order chi connectivity index (χ0) is 19.1.